The van der Waals surface area contributed by atoms with Crippen LogP contribution < -0.4 is 5.32 Å². The molecular weight excluding hydrogens is 336 g/mol. The summed E-state index contributed by atoms with van der Waals surface area (Å²) >= 11 is 0. The number of carbonyl (C=O) groups is 3. The van der Waals surface area contributed by atoms with Crippen LogP contribution in [0.3, 0.4) is 0 Å². The number of carboxylic acids is 1. The molecule has 0 heterocycles. The molecule has 7 nitrogen and oxygen atoms in total. The van der Waals surface area contributed by atoms with Gasteiger partial charge < -0.3 is 15.2 Å². The van der Waals surface area contributed by atoms with E-state index in [4.69, 9.17) is 4.74 Å². The summed E-state index contributed by atoms with van der Waals surface area (Å²) in [5, 5.41) is 11.6. The molecule has 1 unspecified atom stereocenters. The van der Waals surface area contributed by atoms with E-state index in [1.54, 1.807) is 51.3 Å². The number of alkyl carbamates (subject to hydrolysis) is 1. The summed E-state index contributed by atoms with van der Waals surface area (Å²) in [6.07, 6.45) is 0.936. The monoisotopic (exact) mass is 364 g/mol. The van der Waals surface area contributed by atoms with Crippen molar-refractivity contribution < 1.29 is 24.2 Å². The topological polar surface area (TPSA) is 105 Å². The van der Waals surface area contributed by atoms with Gasteiger partial charge in [0.15, 0.2) is 5.78 Å². The Hall–Kier alpha value is -2.70. The Morgan fingerprint density at radius 3 is 2.27 bits per heavy atom. The standard InChI is InChI=1S/C18H24N2O5.CH4/c1-12(21)10-19-11-14-7-5-13(6-8-14)9-15(16(22)23)20-17(24)25-18(2,3)4;/h5-8,11,15H,9-10H2,1-4H3,(H,20,24)(H,22,23);1H4. The lowest BCUT2D eigenvalue weighted by Crippen LogP contribution is -2.44. The number of carboxylic acid groups (broad SMARTS) is 1. The third-order valence-electron chi connectivity index (χ3n) is 2.96. The molecule has 1 rings (SSSR count). The fourth-order valence-electron chi connectivity index (χ4n) is 1.90. The number of benzene rings is 1. The summed E-state index contributed by atoms with van der Waals surface area (Å²) in [5.74, 6) is -1.16. The van der Waals surface area contributed by atoms with Crippen LogP contribution in [0.4, 0.5) is 4.79 Å². The lowest BCUT2D eigenvalue weighted by Gasteiger charge is -2.22. The molecule has 0 aliphatic rings. The van der Waals surface area contributed by atoms with Crippen molar-refractivity contribution in [1.82, 2.24) is 5.32 Å². The Morgan fingerprint density at radius 1 is 1.23 bits per heavy atom. The van der Waals surface area contributed by atoms with Crippen molar-refractivity contribution >= 4 is 24.1 Å². The van der Waals surface area contributed by atoms with E-state index in [-0.39, 0.29) is 26.2 Å². The maximum Gasteiger partial charge on any atom is 0.408 e. The number of ether oxygens (including phenoxy) is 1. The lowest BCUT2D eigenvalue weighted by atomic mass is 10.0. The summed E-state index contributed by atoms with van der Waals surface area (Å²) in [4.78, 5) is 37.9. The molecule has 7 heteroatoms. The Morgan fingerprint density at radius 2 is 1.81 bits per heavy atom. The maximum atomic E-state index is 11.7. The fourth-order valence-corrected chi connectivity index (χ4v) is 1.90. The van der Waals surface area contributed by atoms with Gasteiger partial charge in [0.05, 0.1) is 6.54 Å². The van der Waals surface area contributed by atoms with Gasteiger partial charge in [-0.3, -0.25) is 9.79 Å². The third kappa shape index (κ3) is 9.56. The molecule has 0 radical (unpaired) electrons. The molecular formula is C19H28N2O5. The minimum absolute atomic E-state index is 0. The molecule has 1 aromatic rings. The smallest absolute Gasteiger partial charge is 0.408 e. The molecule has 1 amide bonds. The van der Waals surface area contributed by atoms with Crippen LogP contribution in [-0.2, 0) is 20.7 Å². The average Bonchev–Trinajstić information content (AvgIpc) is 2.46. The predicted molar refractivity (Wildman–Crippen MR) is 101 cm³/mol. The zero-order chi connectivity index (χ0) is 19.0. The summed E-state index contributed by atoms with van der Waals surface area (Å²) in [6.45, 7) is 6.70. The highest BCUT2D eigenvalue weighted by Crippen LogP contribution is 2.09. The molecule has 0 bridgehead atoms. The number of carbonyl (C=O) groups excluding carboxylic acids is 2. The van der Waals surface area contributed by atoms with Gasteiger partial charge in [-0.2, -0.15) is 0 Å². The highest BCUT2D eigenvalue weighted by molar-refractivity contribution is 5.84. The highest BCUT2D eigenvalue weighted by atomic mass is 16.6. The summed E-state index contributed by atoms with van der Waals surface area (Å²) in [5.41, 5.74) is 0.845. The minimum atomic E-state index is -1.14. The van der Waals surface area contributed by atoms with Crippen LogP contribution in [0, 0.1) is 0 Å². The van der Waals surface area contributed by atoms with Gasteiger partial charge in [-0.1, -0.05) is 31.7 Å². The van der Waals surface area contributed by atoms with Gasteiger partial charge in [0.1, 0.15) is 11.6 Å². The van der Waals surface area contributed by atoms with Crippen molar-refractivity contribution in [3.8, 4) is 0 Å². The Balaban J connectivity index is 0.00000625. The van der Waals surface area contributed by atoms with Gasteiger partial charge in [-0.05, 0) is 38.8 Å². The predicted octanol–water partition coefficient (Wildman–Crippen LogP) is 2.85. The first-order valence-corrected chi connectivity index (χ1v) is 7.87. The van der Waals surface area contributed by atoms with Gasteiger partial charge >= 0.3 is 12.1 Å². The number of aliphatic carboxylic acids is 1. The normalized spacial score (nSPS) is 12.2. The van der Waals surface area contributed by atoms with E-state index in [0.29, 0.717) is 0 Å². The maximum absolute atomic E-state index is 11.7. The summed E-state index contributed by atoms with van der Waals surface area (Å²) in [6, 6.07) is 5.95. The van der Waals surface area contributed by atoms with E-state index < -0.39 is 23.7 Å². The second-order valence-corrected chi connectivity index (χ2v) is 6.65. The van der Waals surface area contributed by atoms with E-state index in [2.05, 4.69) is 10.3 Å². The molecule has 1 atom stereocenters. The third-order valence-corrected chi connectivity index (χ3v) is 2.96. The molecule has 0 aliphatic carbocycles. The van der Waals surface area contributed by atoms with Crippen LogP contribution in [0.25, 0.3) is 0 Å². The zero-order valence-electron chi connectivity index (χ0n) is 14.9. The van der Waals surface area contributed by atoms with E-state index >= 15 is 0 Å². The Kier molecular flexibility index (Phi) is 9.25. The second kappa shape index (κ2) is 10.3. The van der Waals surface area contributed by atoms with E-state index in [1.807, 2.05) is 0 Å². The number of nitrogens with one attached hydrogen (secondary N) is 1. The van der Waals surface area contributed by atoms with Crippen molar-refractivity contribution in [2.75, 3.05) is 6.54 Å². The molecule has 0 fully saturated rings. The van der Waals surface area contributed by atoms with Crippen molar-refractivity contribution in [2.45, 2.75) is 53.2 Å². The summed E-state index contributed by atoms with van der Waals surface area (Å²) < 4.78 is 5.08. The summed E-state index contributed by atoms with van der Waals surface area (Å²) in [7, 11) is 0. The number of amides is 1. The van der Waals surface area contributed by atoms with Crippen molar-refractivity contribution in [3.05, 3.63) is 35.4 Å². The van der Waals surface area contributed by atoms with Gasteiger partial charge in [0.2, 0.25) is 0 Å². The van der Waals surface area contributed by atoms with Gasteiger partial charge in [0, 0.05) is 12.6 Å². The Labute approximate surface area is 154 Å². The van der Waals surface area contributed by atoms with E-state index in [9.17, 15) is 19.5 Å². The fraction of sp³-hybridized carbons (Fsp3) is 0.474. The SMILES string of the molecule is C.CC(=O)CN=Cc1ccc(CC(NC(=O)OC(C)(C)C)C(=O)O)cc1. The molecule has 0 aromatic heterocycles. The molecule has 0 aliphatic heterocycles. The number of hydrogen-bond acceptors (Lipinski definition) is 5. The van der Waals surface area contributed by atoms with Crippen molar-refractivity contribution in [2.24, 2.45) is 4.99 Å². The number of ketones is 1. The molecule has 0 saturated carbocycles. The van der Waals surface area contributed by atoms with Crippen LogP contribution in [-0.4, -0.2) is 47.4 Å². The highest BCUT2D eigenvalue weighted by Gasteiger charge is 2.24. The van der Waals surface area contributed by atoms with E-state index in [1.165, 1.54) is 6.92 Å². The zero-order valence-corrected chi connectivity index (χ0v) is 14.9. The molecule has 1 aromatic carbocycles. The molecule has 0 spiro atoms. The van der Waals surface area contributed by atoms with Crippen molar-refractivity contribution in [3.63, 3.8) is 0 Å². The quantitative estimate of drug-likeness (QED) is 0.724. The first kappa shape index (κ1) is 23.3. The number of hydrogen-bond donors (Lipinski definition) is 2. The van der Waals surface area contributed by atoms with Crippen molar-refractivity contribution in [1.29, 1.82) is 0 Å². The molecule has 144 valence electrons. The lowest BCUT2D eigenvalue weighted by molar-refractivity contribution is -0.139. The van der Waals surface area contributed by atoms with Crippen LogP contribution in [0.15, 0.2) is 29.3 Å². The van der Waals surface area contributed by atoms with Crippen LogP contribution >= 0.6 is 0 Å². The first-order valence-electron chi connectivity index (χ1n) is 7.87. The number of Topliss-reactive ketones (excluding diaryl/α,β-unsaturated/α-hetero) is 1. The number of aliphatic imine (C=N–C) groups is 1. The largest absolute Gasteiger partial charge is 0.480 e. The van der Waals surface area contributed by atoms with Gasteiger partial charge in [-0.25, -0.2) is 9.59 Å². The average molecular weight is 364 g/mol. The molecule has 0 saturated heterocycles. The van der Waals surface area contributed by atoms with Crippen LogP contribution in [0.5, 0.6) is 0 Å². The van der Waals surface area contributed by atoms with E-state index in [0.717, 1.165) is 11.1 Å². The van der Waals surface area contributed by atoms with Crippen LogP contribution in [0.2, 0.25) is 0 Å². The molecule has 2 N–H and O–H groups in total. The number of rotatable bonds is 7. The first-order chi connectivity index (χ1) is 11.6. The van der Waals surface area contributed by atoms with Gasteiger partial charge in [0.25, 0.3) is 0 Å². The van der Waals surface area contributed by atoms with Crippen LogP contribution in [0.1, 0.15) is 46.2 Å². The van der Waals surface area contributed by atoms with Gasteiger partial charge in [-0.15, -0.1) is 0 Å². The second-order valence-electron chi connectivity index (χ2n) is 6.65. The minimum Gasteiger partial charge on any atom is -0.480 e. The number of nitrogens with zero attached hydrogens (tertiary/aromatic N) is 1. The Bertz CT molecular complexity index is 645. The molecule has 26 heavy (non-hydrogen) atoms.